The van der Waals surface area contributed by atoms with Crippen LogP contribution in [0.5, 0.6) is 0 Å². The summed E-state index contributed by atoms with van der Waals surface area (Å²) in [5.41, 5.74) is -8.06. The van der Waals surface area contributed by atoms with Gasteiger partial charge in [0.1, 0.15) is 22.4 Å². The number of aromatic nitrogens is 3. The monoisotopic (exact) mass is 578 g/mol. The number of rotatable bonds is 6. The number of fused-ring (bicyclic) bond motifs is 1. The predicted molar refractivity (Wildman–Crippen MR) is 127 cm³/mol. The summed E-state index contributed by atoms with van der Waals surface area (Å²) in [7, 11) is -5.87. The van der Waals surface area contributed by atoms with Crippen molar-refractivity contribution in [2.75, 3.05) is 23.3 Å². The maximum absolute atomic E-state index is 13.6. The van der Waals surface area contributed by atoms with E-state index in [1.165, 1.54) is 18.7 Å². The largest absolute Gasteiger partial charge is 0.502 e. The Kier molecular flexibility index (Phi) is 7.07. The zero-order chi connectivity index (χ0) is 28.9. The molecule has 1 atom stereocenters. The van der Waals surface area contributed by atoms with Gasteiger partial charge in [0, 0.05) is 25.2 Å². The lowest BCUT2D eigenvalue weighted by Crippen LogP contribution is -2.28. The Morgan fingerprint density at radius 2 is 1.67 bits per heavy atom. The van der Waals surface area contributed by atoms with Crippen molar-refractivity contribution in [1.82, 2.24) is 15.0 Å². The topological polar surface area (TPSA) is 131 Å². The van der Waals surface area contributed by atoms with Gasteiger partial charge >= 0.3 is 11.7 Å². The van der Waals surface area contributed by atoms with E-state index >= 15 is 0 Å². The van der Waals surface area contributed by atoms with Crippen LogP contribution in [-0.2, 0) is 16.0 Å². The van der Waals surface area contributed by atoms with E-state index in [2.05, 4.69) is 20.3 Å². The summed E-state index contributed by atoms with van der Waals surface area (Å²) in [5.74, 6) is -0.550. The number of nitrogens with one attached hydrogen (secondary N) is 1. The van der Waals surface area contributed by atoms with Crippen molar-refractivity contribution in [3.05, 3.63) is 51.3 Å². The van der Waals surface area contributed by atoms with Gasteiger partial charge in [0.2, 0.25) is 0 Å². The van der Waals surface area contributed by atoms with Crippen LogP contribution in [0.1, 0.15) is 42.8 Å². The summed E-state index contributed by atoms with van der Waals surface area (Å²) < 4.78 is 106. The van der Waals surface area contributed by atoms with Gasteiger partial charge in [-0.15, -0.1) is 0 Å². The van der Waals surface area contributed by atoms with E-state index in [0.717, 1.165) is 12.1 Å². The predicted octanol–water partition coefficient (Wildman–Crippen LogP) is 5.33. The van der Waals surface area contributed by atoms with Gasteiger partial charge in [0.25, 0.3) is 15.5 Å². The Balaban J connectivity index is 1.88. The second kappa shape index (κ2) is 9.77. The Morgan fingerprint density at radius 3 is 2.23 bits per heavy atom. The first-order chi connectivity index (χ1) is 18.0. The van der Waals surface area contributed by atoms with Crippen molar-refractivity contribution in [3.8, 4) is 0 Å². The van der Waals surface area contributed by atoms with Gasteiger partial charge in [-0.2, -0.15) is 26.3 Å². The molecule has 17 heteroatoms. The van der Waals surface area contributed by atoms with Gasteiger partial charge in [-0.05, 0) is 44.4 Å². The maximum atomic E-state index is 13.6. The molecule has 2 aromatic heterocycles. The highest BCUT2D eigenvalue weighted by atomic mass is 32.2. The first kappa shape index (κ1) is 28.3. The zero-order valence-corrected chi connectivity index (χ0v) is 21.1. The highest BCUT2D eigenvalue weighted by molar-refractivity contribution is 7.92. The smallest absolute Gasteiger partial charge is 0.363 e. The van der Waals surface area contributed by atoms with E-state index in [9.17, 15) is 44.9 Å². The molecule has 1 aliphatic heterocycles. The SMILES string of the molecule is Cc1nc(N[C@H](C)c2cc([N+](=O)[O-])cc(C(F)(F)F)c2)c2cc(S(=O)(=O)C(F)(F)F)c(N3CCCC3)nc2n1. The van der Waals surface area contributed by atoms with E-state index in [0.29, 0.717) is 25.0 Å². The molecule has 0 amide bonds. The fraction of sp³-hybridized carbons (Fsp3) is 0.409. The number of anilines is 2. The zero-order valence-electron chi connectivity index (χ0n) is 20.3. The van der Waals surface area contributed by atoms with Crippen molar-refractivity contribution in [1.29, 1.82) is 0 Å². The van der Waals surface area contributed by atoms with E-state index in [4.69, 9.17) is 0 Å². The molecular weight excluding hydrogens is 558 g/mol. The fourth-order valence-electron chi connectivity index (χ4n) is 4.17. The first-order valence-corrected chi connectivity index (χ1v) is 12.9. The van der Waals surface area contributed by atoms with Gasteiger partial charge < -0.3 is 10.2 Å². The fourth-order valence-corrected chi connectivity index (χ4v) is 5.10. The maximum Gasteiger partial charge on any atom is 0.502 e. The van der Waals surface area contributed by atoms with Crippen LogP contribution in [-0.4, -0.2) is 46.9 Å². The highest BCUT2D eigenvalue weighted by Gasteiger charge is 2.49. The first-order valence-electron chi connectivity index (χ1n) is 11.4. The second-order valence-electron chi connectivity index (χ2n) is 8.88. The third-order valence-electron chi connectivity index (χ3n) is 6.08. The molecule has 0 unspecified atom stereocenters. The van der Waals surface area contributed by atoms with Crippen molar-refractivity contribution < 1.29 is 39.7 Å². The molecule has 0 bridgehead atoms. The van der Waals surface area contributed by atoms with E-state index in [1.54, 1.807) is 0 Å². The van der Waals surface area contributed by atoms with Crippen LogP contribution in [0.2, 0.25) is 0 Å². The summed E-state index contributed by atoms with van der Waals surface area (Å²) in [5, 5.41) is 13.7. The summed E-state index contributed by atoms with van der Waals surface area (Å²) >= 11 is 0. The van der Waals surface area contributed by atoms with E-state index < -0.39 is 54.5 Å². The number of aryl methyl sites for hydroxylation is 1. The highest BCUT2D eigenvalue weighted by Crippen LogP contribution is 2.39. The average molecular weight is 578 g/mol. The number of nitro benzene ring substituents is 1. The number of non-ortho nitro benzene ring substituents is 1. The minimum absolute atomic E-state index is 0.0820. The number of hydrogen-bond acceptors (Lipinski definition) is 9. The lowest BCUT2D eigenvalue weighted by atomic mass is 10.0. The van der Waals surface area contributed by atoms with Crippen LogP contribution >= 0.6 is 0 Å². The molecule has 1 N–H and O–H groups in total. The van der Waals surface area contributed by atoms with E-state index in [1.807, 2.05) is 0 Å². The number of pyridine rings is 1. The van der Waals surface area contributed by atoms with Crippen LogP contribution in [0.4, 0.5) is 43.7 Å². The van der Waals surface area contributed by atoms with E-state index in [-0.39, 0.29) is 41.3 Å². The number of nitro groups is 1. The molecule has 4 rings (SSSR count). The molecule has 3 heterocycles. The minimum Gasteiger partial charge on any atom is -0.363 e. The molecule has 0 saturated carbocycles. The molecule has 0 aliphatic carbocycles. The molecule has 1 aromatic carbocycles. The van der Waals surface area contributed by atoms with Crippen molar-refractivity contribution in [2.45, 2.75) is 49.3 Å². The minimum atomic E-state index is -5.87. The number of alkyl halides is 6. The van der Waals surface area contributed by atoms with Crippen LogP contribution in [0.15, 0.2) is 29.2 Å². The Labute approximate surface area is 217 Å². The lowest BCUT2D eigenvalue weighted by molar-refractivity contribution is -0.385. The standard InChI is InChI=1S/C22H20F6N6O4S/c1-11(13-7-14(21(23,24)25)9-15(8-13)34(35)36)29-18-16-10-17(39(37,38)22(26,27)28)20(33-5-3-4-6-33)32-19(16)31-12(2)30-18/h7-11H,3-6H2,1-2H3,(H,29,30,31,32)/t11-/m1/s1. The molecule has 10 nitrogen and oxygen atoms in total. The summed E-state index contributed by atoms with van der Waals surface area (Å²) in [6.07, 6.45) is -3.67. The Bertz CT molecular complexity index is 1560. The third-order valence-corrected chi connectivity index (χ3v) is 7.57. The molecule has 1 fully saturated rings. The van der Waals surface area contributed by atoms with Crippen molar-refractivity contribution >= 4 is 38.2 Å². The summed E-state index contributed by atoms with van der Waals surface area (Å²) in [6.45, 7) is 3.34. The number of hydrogen-bond donors (Lipinski definition) is 1. The van der Waals surface area contributed by atoms with Gasteiger partial charge in [0.15, 0.2) is 5.65 Å². The molecule has 0 spiro atoms. The number of halogens is 6. The average Bonchev–Trinajstić information content (AvgIpc) is 3.36. The third kappa shape index (κ3) is 5.53. The second-order valence-corrected chi connectivity index (χ2v) is 10.8. The normalized spacial score (nSPS) is 15.5. The molecular formula is C22H20F6N6O4S. The number of sulfone groups is 1. The van der Waals surface area contributed by atoms with Crippen molar-refractivity contribution in [2.24, 2.45) is 0 Å². The Morgan fingerprint density at radius 1 is 1.03 bits per heavy atom. The molecule has 39 heavy (non-hydrogen) atoms. The molecule has 1 aliphatic rings. The quantitative estimate of drug-likeness (QED) is 0.234. The summed E-state index contributed by atoms with van der Waals surface area (Å²) in [6, 6.07) is 1.61. The lowest BCUT2D eigenvalue weighted by Gasteiger charge is -2.22. The van der Waals surface area contributed by atoms with Crippen LogP contribution in [0.25, 0.3) is 11.0 Å². The van der Waals surface area contributed by atoms with Gasteiger partial charge in [-0.3, -0.25) is 10.1 Å². The van der Waals surface area contributed by atoms with Gasteiger partial charge in [0.05, 0.1) is 21.9 Å². The molecule has 210 valence electrons. The molecule has 3 aromatic rings. The Hall–Kier alpha value is -3.76. The van der Waals surface area contributed by atoms with Gasteiger partial charge in [-0.25, -0.2) is 23.4 Å². The van der Waals surface area contributed by atoms with Gasteiger partial charge in [-0.1, -0.05) is 0 Å². The van der Waals surface area contributed by atoms with Crippen LogP contribution < -0.4 is 10.2 Å². The van der Waals surface area contributed by atoms with Crippen LogP contribution in [0.3, 0.4) is 0 Å². The summed E-state index contributed by atoms with van der Waals surface area (Å²) in [4.78, 5) is 22.9. The van der Waals surface area contributed by atoms with Crippen molar-refractivity contribution in [3.63, 3.8) is 0 Å². The molecule has 0 radical (unpaired) electrons. The molecule has 1 saturated heterocycles. The van der Waals surface area contributed by atoms with Crippen LogP contribution in [0, 0.1) is 17.0 Å². The number of nitrogens with zero attached hydrogens (tertiary/aromatic N) is 5. The number of benzene rings is 1.